The summed E-state index contributed by atoms with van der Waals surface area (Å²) in [6.45, 7) is 1.90. The Morgan fingerprint density at radius 3 is 2.84 bits per heavy atom. The van der Waals surface area contributed by atoms with E-state index in [1.54, 1.807) is 29.1 Å². The lowest BCUT2D eigenvalue weighted by Gasteiger charge is -2.16. The van der Waals surface area contributed by atoms with E-state index in [4.69, 9.17) is 0 Å². The van der Waals surface area contributed by atoms with E-state index < -0.39 is 5.97 Å². The van der Waals surface area contributed by atoms with Crippen LogP contribution in [-0.2, 0) is 7.05 Å². The van der Waals surface area contributed by atoms with E-state index in [1.165, 1.54) is 0 Å². The largest absolute Gasteiger partial charge is 0.478 e. The zero-order chi connectivity index (χ0) is 14.0. The van der Waals surface area contributed by atoms with Crippen LogP contribution in [0.4, 0.5) is 5.69 Å². The van der Waals surface area contributed by atoms with Crippen LogP contribution in [0.15, 0.2) is 29.0 Å². The molecular formula is C12H13BrN4O2. The average Bonchev–Trinajstić information content (AvgIpc) is 2.77. The number of aromatic carboxylic acids is 1. The first kappa shape index (κ1) is 13.5. The van der Waals surface area contributed by atoms with Crippen molar-refractivity contribution in [3.05, 3.63) is 40.4 Å². The number of aromatic nitrogens is 3. The Kier molecular flexibility index (Phi) is 3.84. The number of rotatable bonds is 4. The molecule has 7 heteroatoms. The third-order valence-corrected chi connectivity index (χ3v) is 3.21. The lowest BCUT2D eigenvalue weighted by molar-refractivity contribution is 0.0698. The van der Waals surface area contributed by atoms with Crippen molar-refractivity contribution in [1.82, 2.24) is 14.8 Å². The molecule has 6 nitrogen and oxygen atoms in total. The smallest absolute Gasteiger partial charge is 0.337 e. The maximum atomic E-state index is 11.2. The van der Waals surface area contributed by atoms with E-state index in [9.17, 15) is 9.90 Å². The zero-order valence-corrected chi connectivity index (χ0v) is 12.0. The van der Waals surface area contributed by atoms with Gasteiger partial charge < -0.3 is 15.0 Å². The Labute approximate surface area is 118 Å². The monoisotopic (exact) mass is 324 g/mol. The number of nitrogens with one attached hydrogen (secondary N) is 1. The molecule has 0 spiro atoms. The first-order valence-electron chi connectivity index (χ1n) is 5.62. The van der Waals surface area contributed by atoms with Crippen LogP contribution in [0.5, 0.6) is 0 Å². The van der Waals surface area contributed by atoms with Crippen LogP contribution in [0.3, 0.4) is 0 Å². The van der Waals surface area contributed by atoms with Crippen molar-refractivity contribution in [1.29, 1.82) is 0 Å². The summed E-state index contributed by atoms with van der Waals surface area (Å²) in [6.07, 6.45) is 1.60. The number of carboxylic acids is 1. The number of halogens is 1. The van der Waals surface area contributed by atoms with E-state index in [-0.39, 0.29) is 11.6 Å². The first-order chi connectivity index (χ1) is 8.99. The number of carboxylic acid groups (broad SMARTS) is 1. The fourth-order valence-electron chi connectivity index (χ4n) is 1.80. The van der Waals surface area contributed by atoms with Gasteiger partial charge in [0.1, 0.15) is 6.33 Å². The van der Waals surface area contributed by atoms with Crippen LogP contribution in [0, 0.1) is 0 Å². The molecule has 19 heavy (non-hydrogen) atoms. The van der Waals surface area contributed by atoms with Gasteiger partial charge in [0, 0.05) is 17.2 Å². The van der Waals surface area contributed by atoms with Gasteiger partial charge in [0.15, 0.2) is 5.82 Å². The predicted molar refractivity (Wildman–Crippen MR) is 74.1 cm³/mol. The Bertz CT molecular complexity index is 612. The molecular weight excluding hydrogens is 312 g/mol. The van der Waals surface area contributed by atoms with Gasteiger partial charge in [0.25, 0.3) is 0 Å². The third kappa shape index (κ3) is 2.93. The summed E-state index contributed by atoms with van der Waals surface area (Å²) in [5.41, 5.74) is 0.759. The lowest BCUT2D eigenvalue weighted by Crippen LogP contribution is -2.14. The van der Waals surface area contributed by atoms with Crippen LogP contribution in [0.25, 0.3) is 0 Å². The number of hydrogen-bond acceptors (Lipinski definition) is 4. The second kappa shape index (κ2) is 5.40. The van der Waals surface area contributed by atoms with Gasteiger partial charge >= 0.3 is 5.97 Å². The molecule has 1 heterocycles. The Hall–Kier alpha value is -1.89. The van der Waals surface area contributed by atoms with E-state index in [1.807, 2.05) is 14.0 Å². The van der Waals surface area contributed by atoms with Crippen LogP contribution >= 0.6 is 15.9 Å². The molecule has 0 aliphatic heterocycles. The molecule has 2 aromatic rings. The second-order valence-corrected chi connectivity index (χ2v) is 5.08. The molecule has 0 aliphatic rings. The molecule has 0 bridgehead atoms. The van der Waals surface area contributed by atoms with Gasteiger partial charge in [-0.2, -0.15) is 0 Å². The van der Waals surface area contributed by atoms with Crippen molar-refractivity contribution in [3.8, 4) is 0 Å². The summed E-state index contributed by atoms with van der Waals surface area (Å²) in [5.74, 6) is -0.242. The average molecular weight is 325 g/mol. The highest BCUT2D eigenvalue weighted by Crippen LogP contribution is 2.24. The summed E-state index contributed by atoms with van der Waals surface area (Å²) >= 11 is 3.26. The summed E-state index contributed by atoms with van der Waals surface area (Å²) in [5, 5.41) is 20.1. The molecule has 0 fully saturated rings. The molecule has 2 N–H and O–H groups in total. The van der Waals surface area contributed by atoms with E-state index >= 15 is 0 Å². The van der Waals surface area contributed by atoms with Crippen molar-refractivity contribution in [2.24, 2.45) is 7.05 Å². The molecule has 0 aliphatic carbocycles. The van der Waals surface area contributed by atoms with E-state index in [2.05, 4.69) is 31.4 Å². The fourth-order valence-corrected chi connectivity index (χ4v) is 2.16. The molecule has 1 aromatic heterocycles. The zero-order valence-electron chi connectivity index (χ0n) is 10.5. The molecule has 0 saturated carbocycles. The predicted octanol–water partition coefficient (Wildman–Crippen LogP) is 2.45. The summed E-state index contributed by atoms with van der Waals surface area (Å²) < 4.78 is 2.51. The van der Waals surface area contributed by atoms with Gasteiger partial charge in [-0.05, 0) is 25.1 Å². The maximum absolute atomic E-state index is 11.2. The lowest BCUT2D eigenvalue weighted by atomic mass is 10.1. The minimum atomic E-state index is -0.978. The SMILES string of the molecule is CC(Nc1ccc(Br)cc1C(=O)O)c1nncn1C. The van der Waals surface area contributed by atoms with Crippen LogP contribution in [-0.4, -0.2) is 25.8 Å². The molecule has 100 valence electrons. The third-order valence-electron chi connectivity index (χ3n) is 2.72. The number of aryl methyl sites for hydroxylation is 1. The van der Waals surface area contributed by atoms with Gasteiger partial charge in [-0.15, -0.1) is 10.2 Å². The molecule has 0 amide bonds. The highest BCUT2D eigenvalue weighted by atomic mass is 79.9. The number of hydrogen-bond donors (Lipinski definition) is 2. The summed E-state index contributed by atoms with van der Waals surface area (Å²) in [6, 6.07) is 4.93. The normalized spacial score (nSPS) is 12.2. The fraction of sp³-hybridized carbons (Fsp3) is 0.250. The number of nitrogens with zero attached hydrogens (tertiary/aromatic N) is 3. The van der Waals surface area contributed by atoms with Gasteiger partial charge in [0.2, 0.25) is 0 Å². The van der Waals surface area contributed by atoms with Gasteiger partial charge in [0.05, 0.1) is 11.6 Å². The number of anilines is 1. The highest BCUT2D eigenvalue weighted by molar-refractivity contribution is 9.10. The Morgan fingerprint density at radius 2 is 2.26 bits per heavy atom. The van der Waals surface area contributed by atoms with Crippen molar-refractivity contribution < 1.29 is 9.90 Å². The van der Waals surface area contributed by atoms with Crippen molar-refractivity contribution >= 4 is 27.6 Å². The first-order valence-corrected chi connectivity index (χ1v) is 6.41. The van der Waals surface area contributed by atoms with E-state index in [0.29, 0.717) is 5.69 Å². The van der Waals surface area contributed by atoms with Crippen LogP contribution in [0.1, 0.15) is 29.1 Å². The van der Waals surface area contributed by atoms with Crippen LogP contribution < -0.4 is 5.32 Å². The minimum absolute atomic E-state index is 0.147. The van der Waals surface area contributed by atoms with Gasteiger partial charge in [-0.1, -0.05) is 15.9 Å². The quantitative estimate of drug-likeness (QED) is 0.902. The topological polar surface area (TPSA) is 80.0 Å². The highest BCUT2D eigenvalue weighted by Gasteiger charge is 2.16. The Morgan fingerprint density at radius 1 is 1.53 bits per heavy atom. The summed E-state index contributed by atoms with van der Waals surface area (Å²) in [7, 11) is 1.84. The minimum Gasteiger partial charge on any atom is -0.478 e. The summed E-state index contributed by atoms with van der Waals surface area (Å²) in [4.78, 5) is 11.2. The molecule has 1 unspecified atom stereocenters. The molecule has 1 atom stereocenters. The number of carbonyl (C=O) groups is 1. The van der Waals surface area contributed by atoms with Crippen molar-refractivity contribution in [2.45, 2.75) is 13.0 Å². The van der Waals surface area contributed by atoms with Gasteiger partial charge in [-0.25, -0.2) is 4.79 Å². The number of benzene rings is 1. The van der Waals surface area contributed by atoms with Crippen molar-refractivity contribution in [3.63, 3.8) is 0 Å². The van der Waals surface area contributed by atoms with Gasteiger partial charge in [-0.3, -0.25) is 0 Å². The van der Waals surface area contributed by atoms with Crippen molar-refractivity contribution in [2.75, 3.05) is 5.32 Å². The van der Waals surface area contributed by atoms with E-state index in [0.717, 1.165) is 10.3 Å². The second-order valence-electron chi connectivity index (χ2n) is 4.16. The molecule has 0 saturated heterocycles. The Balaban J connectivity index is 2.29. The van der Waals surface area contributed by atoms with Crippen LogP contribution in [0.2, 0.25) is 0 Å². The molecule has 2 rings (SSSR count). The molecule has 1 aromatic carbocycles. The maximum Gasteiger partial charge on any atom is 0.337 e. The molecule has 0 radical (unpaired) electrons. The standard InChI is InChI=1S/C12H13BrN4O2/c1-7(11-16-14-6-17(11)2)15-10-4-3-8(13)5-9(10)12(18)19/h3-7,15H,1-2H3,(H,18,19).